The average Bonchev–Trinajstić information content (AvgIpc) is 2.25. The molecule has 0 saturated carbocycles. The van der Waals surface area contributed by atoms with Gasteiger partial charge in [-0.2, -0.15) is 0 Å². The molecule has 0 radical (unpaired) electrons. The van der Waals surface area contributed by atoms with Crippen LogP contribution in [0.1, 0.15) is 40.5 Å². The van der Waals surface area contributed by atoms with Gasteiger partial charge < -0.3 is 10.2 Å². The summed E-state index contributed by atoms with van der Waals surface area (Å²) >= 11 is 0. The van der Waals surface area contributed by atoms with Crippen molar-refractivity contribution < 1.29 is 8.42 Å². The van der Waals surface area contributed by atoms with E-state index >= 15 is 0 Å². The van der Waals surface area contributed by atoms with Crippen molar-refractivity contribution in [3.8, 4) is 0 Å². The van der Waals surface area contributed by atoms with E-state index in [1.807, 2.05) is 32.8 Å². The van der Waals surface area contributed by atoms with Crippen LogP contribution in [0, 0.1) is 0 Å². The number of unbranched alkanes of at least 4 members (excludes halogenated alkanes) is 1. The molecule has 0 saturated heterocycles. The highest BCUT2D eigenvalue weighted by Crippen LogP contribution is 2.08. The van der Waals surface area contributed by atoms with Crippen LogP contribution < -0.4 is 10.0 Å². The summed E-state index contributed by atoms with van der Waals surface area (Å²) in [7, 11) is 0.747. The number of nitrogens with zero attached hydrogens (tertiary/aromatic N) is 1. The van der Waals surface area contributed by atoms with Crippen LogP contribution in [-0.2, 0) is 10.0 Å². The number of sulfonamides is 1. The summed E-state index contributed by atoms with van der Waals surface area (Å²) in [5.41, 5.74) is -0.174. The molecule has 0 atom stereocenters. The molecule has 0 fully saturated rings. The van der Waals surface area contributed by atoms with Crippen LogP contribution in [0.4, 0.5) is 0 Å². The predicted octanol–water partition coefficient (Wildman–Crippen LogP) is 1.02. The van der Waals surface area contributed by atoms with Crippen molar-refractivity contribution in [2.75, 3.05) is 32.9 Å². The van der Waals surface area contributed by atoms with Crippen LogP contribution in [0.3, 0.4) is 0 Å². The second-order valence-electron chi connectivity index (χ2n) is 6.16. The lowest BCUT2D eigenvalue weighted by molar-refractivity contribution is 0.199. The summed E-state index contributed by atoms with van der Waals surface area (Å²) < 4.78 is 26.4. The van der Waals surface area contributed by atoms with Gasteiger partial charge >= 0.3 is 0 Å². The van der Waals surface area contributed by atoms with Crippen molar-refractivity contribution in [2.24, 2.45) is 0 Å². The second-order valence-corrected chi connectivity index (χ2v) is 8.09. The van der Waals surface area contributed by atoms with Crippen LogP contribution in [0.5, 0.6) is 0 Å². The lowest BCUT2D eigenvalue weighted by atomic mass is 10.1. The molecule has 2 N–H and O–H groups in total. The van der Waals surface area contributed by atoms with Gasteiger partial charge in [0.05, 0.1) is 5.75 Å². The number of nitrogens with one attached hydrogen (secondary N) is 2. The van der Waals surface area contributed by atoms with Gasteiger partial charge in [0.2, 0.25) is 10.0 Å². The number of rotatable bonds is 10. The van der Waals surface area contributed by atoms with E-state index in [0.717, 1.165) is 13.0 Å². The molecule has 0 aromatic carbocycles. The zero-order valence-electron chi connectivity index (χ0n) is 13.3. The molecule has 19 heavy (non-hydrogen) atoms. The first kappa shape index (κ1) is 18.8. The first-order chi connectivity index (χ1) is 8.57. The Labute approximate surface area is 119 Å². The normalized spacial score (nSPS) is 13.5. The fourth-order valence-corrected chi connectivity index (χ4v) is 2.63. The van der Waals surface area contributed by atoms with Crippen LogP contribution in [0.25, 0.3) is 0 Å². The second kappa shape index (κ2) is 8.19. The van der Waals surface area contributed by atoms with Gasteiger partial charge in [0.25, 0.3) is 0 Å². The third kappa shape index (κ3) is 9.38. The third-order valence-corrected chi connectivity index (χ3v) is 4.74. The quantitative estimate of drug-likeness (QED) is 0.591. The van der Waals surface area contributed by atoms with Gasteiger partial charge in [0.15, 0.2) is 0 Å². The van der Waals surface area contributed by atoms with Gasteiger partial charge in [-0.15, -0.1) is 0 Å². The lowest BCUT2D eigenvalue weighted by Crippen LogP contribution is -2.48. The van der Waals surface area contributed by atoms with Crippen LogP contribution in [0.2, 0.25) is 0 Å². The van der Waals surface area contributed by atoms with Crippen molar-refractivity contribution in [3.05, 3.63) is 0 Å². The highest BCUT2D eigenvalue weighted by atomic mass is 32.2. The Kier molecular flexibility index (Phi) is 8.12. The average molecular weight is 293 g/mol. The molecular formula is C13H31N3O2S. The maximum atomic E-state index is 11.8. The maximum absolute atomic E-state index is 11.8. The highest BCUT2D eigenvalue weighted by molar-refractivity contribution is 7.89. The fourth-order valence-electron chi connectivity index (χ4n) is 1.32. The molecule has 116 valence electrons. The molecule has 0 amide bonds. The van der Waals surface area contributed by atoms with Crippen LogP contribution in [-0.4, -0.2) is 57.8 Å². The highest BCUT2D eigenvalue weighted by Gasteiger charge is 2.22. The summed E-state index contributed by atoms with van der Waals surface area (Å²) in [6, 6.07) is 0.454. The Bertz CT molecular complexity index is 338. The molecule has 0 unspecified atom stereocenters. The molecule has 0 aromatic heterocycles. The van der Waals surface area contributed by atoms with E-state index < -0.39 is 10.0 Å². The standard InChI is InChI=1S/C13H31N3O2S/c1-12(2)14-9-7-8-10-19(17,18)15-11-13(3,4)16(5)6/h12,14-15H,7-11H2,1-6H3. The lowest BCUT2D eigenvalue weighted by Gasteiger charge is -2.32. The SMILES string of the molecule is CC(C)NCCCCS(=O)(=O)NCC(C)(C)N(C)C. The Hall–Kier alpha value is -0.170. The first-order valence-electron chi connectivity index (χ1n) is 6.95. The zero-order valence-corrected chi connectivity index (χ0v) is 14.1. The van der Waals surface area contributed by atoms with Crippen molar-refractivity contribution in [1.29, 1.82) is 0 Å². The van der Waals surface area contributed by atoms with Gasteiger partial charge in [0, 0.05) is 18.1 Å². The summed E-state index contributed by atoms with van der Waals surface area (Å²) in [6.07, 6.45) is 1.58. The number of hydrogen-bond acceptors (Lipinski definition) is 4. The van der Waals surface area contributed by atoms with Crippen LogP contribution in [0.15, 0.2) is 0 Å². The summed E-state index contributed by atoms with van der Waals surface area (Å²) in [6.45, 7) is 9.51. The van der Waals surface area contributed by atoms with Gasteiger partial charge in [0.1, 0.15) is 0 Å². The van der Waals surface area contributed by atoms with Crippen molar-refractivity contribution in [3.63, 3.8) is 0 Å². The van der Waals surface area contributed by atoms with Gasteiger partial charge in [-0.1, -0.05) is 13.8 Å². The third-order valence-electron chi connectivity index (χ3n) is 3.33. The van der Waals surface area contributed by atoms with Gasteiger partial charge in [-0.05, 0) is 47.3 Å². The predicted molar refractivity (Wildman–Crippen MR) is 81.9 cm³/mol. The molecule has 5 nitrogen and oxygen atoms in total. The molecular weight excluding hydrogens is 262 g/mol. The summed E-state index contributed by atoms with van der Waals surface area (Å²) in [5, 5.41) is 3.28. The maximum Gasteiger partial charge on any atom is 0.211 e. The van der Waals surface area contributed by atoms with E-state index in [1.54, 1.807) is 0 Å². The minimum absolute atomic E-state index is 0.174. The van der Waals surface area contributed by atoms with E-state index in [4.69, 9.17) is 0 Å². The minimum atomic E-state index is -3.15. The molecule has 0 heterocycles. The topological polar surface area (TPSA) is 61.4 Å². The van der Waals surface area contributed by atoms with Crippen molar-refractivity contribution >= 4 is 10.0 Å². The molecule has 0 aromatic rings. The molecule has 6 heteroatoms. The fraction of sp³-hybridized carbons (Fsp3) is 1.00. The summed E-state index contributed by atoms with van der Waals surface area (Å²) in [5.74, 6) is 0.205. The smallest absolute Gasteiger partial charge is 0.211 e. The van der Waals surface area contributed by atoms with Crippen molar-refractivity contribution in [2.45, 2.75) is 52.1 Å². The van der Waals surface area contributed by atoms with E-state index in [0.29, 0.717) is 19.0 Å². The van der Waals surface area contributed by atoms with E-state index in [-0.39, 0.29) is 11.3 Å². The van der Waals surface area contributed by atoms with Gasteiger partial charge in [-0.25, -0.2) is 13.1 Å². The zero-order chi connectivity index (χ0) is 15.1. The minimum Gasteiger partial charge on any atom is -0.315 e. The first-order valence-corrected chi connectivity index (χ1v) is 8.60. The Morgan fingerprint density at radius 3 is 2.21 bits per heavy atom. The molecule has 0 aliphatic carbocycles. The number of likely N-dealkylation sites (N-methyl/N-ethyl adjacent to an activating group) is 1. The Morgan fingerprint density at radius 1 is 1.16 bits per heavy atom. The van der Waals surface area contributed by atoms with Gasteiger partial charge in [-0.3, -0.25) is 0 Å². The monoisotopic (exact) mass is 293 g/mol. The Morgan fingerprint density at radius 2 is 1.74 bits per heavy atom. The van der Waals surface area contributed by atoms with Crippen LogP contribution >= 0.6 is 0 Å². The largest absolute Gasteiger partial charge is 0.315 e. The summed E-state index contributed by atoms with van der Waals surface area (Å²) in [4.78, 5) is 2.02. The molecule has 0 aliphatic heterocycles. The molecule has 0 spiro atoms. The van der Waals surface area contributed by atoms with E-state index in [9.17, 15) is 8.42 Å². The van der Waals surface area contributed by atoms with E-state index in [1.165, 1.54) is 0 Å². The Balaban J connectivity index is 3.94. The molecule has 0 aliphatic rings. The molecule has 0 bridgehead atoms. The number of hydrogen-bond donors (Lipinski definition) is 2. The molecule has 0 rings (SSSR count). The van der Waals surface area contributed by atoms with Crippen molar-refractivity contribution in [1.82, 2.24) is 14.9 Å². The van der Waals surface area contributed by atoms with E-state index in [2.05, 4.69) is 23.9 Å².